The molecule has 0 bridgehead atoms. The number of benzene rings is 2. The van der Waals surface area contributed by atoms with Crippen molar-refractivity contribution in [3.05, 3.63) is 48.0 Å². The van der Waals surface area contributed by atoms with Crippen molar-refractivity contribution in [2.24, 2.45) is 0 Å². The number of hydrogen-bond donors (Lipinski definition) is 2. The molecule has 2 aromatic rings. The van der Waals surface area contributed by atoms with Gasteiger partial charge in [-0.2, -0.15) is 0 Å². The Labute approximate surface area is 105 Å². The summed E-state index contributed by atoms with van der Waals surface area (Å²) in [7, 11) is -3.92. The molecule has 0 aliphatic carbocycles. The smallest absolute Gasteiger partial charge is 0.213 e. The summed E-state index contributed by atoms with van der Waals surface area (Å²) in [4.78, 5) is -0.421. The maximum Gasteiger partial charge on any atom is 0.213 e. The van der Waals surface area contributed by atoms with Gasteiger partial charge < -0.3 is 10.2 Å². The molecule has 0 spiro atoms. The third-order valence-corrected chi connectivity index (χ3v) is 4.37. The van der Waals surface area contributed by atoms with Crippen molar-refractivity contribution in [3.63, 3.8) is 0 Å². The van der Waals surface area contributed by atoms with E-state index in [-0.39, 0.29) is 4.90 Å². The van der Waals surface area contributed by atoms with Crippen molar-refractivity contribution in [3.8, 4) is 11.5 Å². The van der Waals surface area contributed by atoms with Gasteiger partial charge in [0.05, 0.1) is 4.90 Å². The lowest BCUT2D eigenvalue weighted by Crippen LogP contribution is -2.03. The van der Waals surface area contributed by atoms with Gasteiger partial charge in [0.2, 0.25) is 9.84 Å². The second-order valence-electron chi connectivity index (χ2n) is 3.95. The van der Waals surface area contributed by atoms with E-state index in [0.29, 0.717) is 0 Å². The first-order valence-electron chi connectivity index (χ1n) is 5.25. The standard InChI is InChI=1S/C13H12O4S/c1-9-4-2-5-10(8-9)18(16,17)13-11(14)6-3-7-12(13)15/h2-8,14-15H,1H3. The maximum absolute atomic E-state index is 12.3. The first-order valence-corrected chi connectivity index (χ1v) is 6.74. The quantitative estimate of drug-likeness (QED) is 0.872. The molecule has 0 aliphatic heterocycles. The number of aromatic hydroxyl groups is 2. The van der Waals surface area contributed by atoms with Gasteiger partial charge in [0.15, 0.2) is 4.90 Å². The zero-order chi connectivity index (χ0) is 13.3. The van der Waals surface area contributed by atoms with E-state index in [1.807, 2.05) is 0 Å². The van der Waals surface area contributed by atoms with Gasteiger partial charge in [-0.05, 0) is 36.8 Å². The van der Waals surface area contributed by atoms with Crippen LogP contribution in [0.15, 0.2) is 52.3 Å². The van der Waals surface area contributed by atoms with Gasteiger partial charge in [-0.15, -0.1) is 0 Å². The minimum absolute atomic E-state index is 0.0410. The van der Waals surface area contributed by atoms with E-state index in [1.54, 1.807) is 19.1 Å². The Morgan fingerprint density at radius 3 is 2.06 bits per heavy atom. The largest absolute Gasteiger partial charge is 0.506 e. The van der Waals surface area contributed by atoms with Crippen LogP contribution in [0.25, 0.3) is 0 Å². The summed E-state index contributed by atoms with van der Waals surface area (Å²) in [5, 5.41) is 19.2. The predicted molar refractivity (Wildman–Crippen MR) is 66.4 cm³/mol. The van der Waals surface area contributed by atoms with Crippen molar-refractivity contribution < 1.29 is 18.6 Å². The lowest BCUT2D eigenvalue weighted by Gasteiger charge is -2.09. The molecule has 4 nitrogen and oxygen atoms in total. The number of hydrogen-bond acceptors (Lipinski definition) is 4. The van der Waals surface area contributed by atoms with Crippen LogP contribution in [0.1, 0.15) is 5.56 Å². The molecular weight excluding hydrogens is 252 g/mol. The van der Waals surface area contributed by atoms with Crippen LogP contribution in [0.5, 0.6) is 11.5 Å². The van der Waals surface area contributed by atoms with Crippen LogP contribution in [0.3, 0.4) is 0 Å². The second-order valence-corrected chi connectivity index (χ2v) is 5.83. The van der Waals surface area contributed by atoms with Crippen molar-refractivity contribution in [2.45, 2.75) is 16.7 Å². The van der Waals surface area contributed by atoms with Crippen LogP contribution in [0.2, 0.25) is 0 Å². The molecule has 0 radical (unpaired) electrons. The lowest BCUT2D eigenvalue weighted by molar-refractivity contribution is 0.423. The van der Waals surface area contributed by atoms with Crippen molar-refractivity contribution in [2.75, 3.05) is 0 Å². The normalized spacial score (nSPS) is 11.4. The van der Waals surface area contributed by atoms with Crippen LogP contribution in [-0.2, 0) is 9.84 Å². The first kappa shape index (κ1) is 12.4. The minimum atomic E-state index is -3.92. The predicted octanol–water partition coefficient (Wildman–Crippen LogP) is 2.24. The van der Waals surface area contributed by atoms with Gasteiger partial charge in [-0.1, -0.05) is 18.2 Å². The van der Waals surface area contributed by atoms with Crippen molar-refractivity contribution in [1.82, 2.24) is 0 Å². The van der Waals surface area contributed by atoms with Gasteiger partial charge in [0.25, 0.3) is 0 Å². The van der Waals surface area contributed by atoms with Gasteiger partial charge in [0, 0.05) is 0 Å². The zero-order valence-corrected chi connectivity index (χ0v) is 10.5. The van der Waals surface area contributed by atoms with Crippen molar-refractivity contribution >= 4 is 9.84 Å². The average Bonchev–Trinajstić information content (AvgIpc) is 2.28. The molecule has 0 heterocycles. The van der Waals surface area contributed by atoms with E-state index in [2.05, 4.69) is 0 Å². The van der Waals surface area contributed by atoms with Gasteiger partial charge in [-0.3, -0.25) is 0 Å². The fourth-order valence-electron chi connectivity index (χ4n) is 1.69. The number of phenolic OH excluding ortho intramolecular Hbond substituents is 2. The minimum Gasteiger partial charge on any atom is -0.506 e. The third kappa shape index (κ3) is 2.04. The van der Waals surface area contributed by atoms with E-state index >= 15 is 0 Å². The molecule has 2 N–H and O–H groups in total. The van der Waals surface area contributed by atoms with E-state index in [9.17, 15) is 18.6 Å². The van der Waals surface area contributed by atoms with Gasteiger partial charge in [0.1, 0.15) is 11.5 Å². The molecule has 0 fully saturated rings. The van der Waals surface area contributed by atoms with Crippen LogP contribution in [0.4, 0.5) is 0 Å². The number of rotatable bonds is 2. The molecule has 0 saturated carbocycles. The van der Waals surface area contributed by atoms with Crippen LogP contribution in [-0.4, -0.2) is 18.6 Å². The Bertz CT molecular complexity index is 670. The van der Waals surface area contributed by atoms with Crippen molar-refractivity contribution in [1.29, 1.82) is 0 Å². The summed E-state index contributed by atoms with van der Waals surface area (Å²) >= 11 is 0. The first-order chi connectivity index (χ1) is 8.43. The lowest BCUT2D eigenvalue weighted by atomic mass is 10.2. The highest BCUT2D eigenvalue weighted by Crippen LogP contribution is 2.35. The molecule has 18 heavy (non-hydrogen) atoms. The molecule has 0 saturated heterocycles. The highest BCUT2D eigenvalue weighted by Gasteiger charge is 2.25. The Morgan fingerprint density at radius 1 is 0.944 bits per heavy atom. The van der Waals surface area contributed by atoms with Crippen LogP contribution >= 0.6 is 0 Å². The SMILES string of the molecule is Cc1cccc(S(=O)(=O)c2c(O)cccc2O)c1. The molecule has 0 aromatic heterocycles. The molecular formula is C13H12O4S. The summed E-state index contributed by atoms with van der Waals surface area (Å²) in [5.74, 6) is -0.923. The molecule has 0 atom stereocenters. The molecule has 0 unspecified atom stereocenters. The zero-order valence-electron chi connectivity index (χ0n) is 9.66. The summed E-state index contributed by atoms with van der Waals surface area (Å²) in [5.41, 5.74) is 0.783. The number of sulfone groups is 1. The van der Waals surface area contributed by atoms with E-state index in [4.69, 9.17) is 0 Å². The molecule has 0 aliphatic rings. The molecule has 5 heteroatoms. The molecule has 0 amide bonds. The monoisotopic (exact) mass is 264 g/mol. The average molecular weight is 264 g/mol. The number of phenols is 2. The second kappa shape index (κ2) is 4.34. The highest BCUT2D eigenvalue weighted by molar-refractivity contribution is 7.91. The summed E-state index contributed by atoms with van der Waals surface area (Å²) in [6.45, 7) is 1.77. The highest BCUT2D eigenvalue weighted by atomic mass is 32.2. The Morgan fingerprint density at radius 2 is 1.50 bits per heavy atom. The Kier molecular flexibility index (Phi) is 3.00. The molecule has 94 valence electrons. The Hall–Kier alpha value is -2.01. The topological polar surface area (TPSA) is 74.6 Å². The van der Waals surface area contributed by atoms with E-state index in [1.165, 1.54) is 30.3 Å². The fourth-order valence-corrected chi connectivity index (χ4v) is 3.21. The number of aryl methyl sites for hydroxylation is 1. The van der Waals surface area contributed by atoms with Crippen LogP contribution in [0, 0.1) is 6.92 Å². The fraction of sp³-hybridized carbons (Fsp3) is 0.0769. The molecule has 2 aromatic carbocycles. The summed E-state index contributed by atoms with van der Waals surface area (Å²) in [6, 6.07) is 10.1. The van der Waals surface area contributed by atoms with Crippen LogP contribution < -0.4 is 0 Å². The summed E-state index contributed by atoms with van der Waals surface area (Å²) in [6.07, 6.45) is 0. The summed E-state index contributed by atoms with van der Waals surface area (Å²) < 4.78 is 24.6. The molecule has 2 rings (SSSR count). The van der Waals surface area contributed by atoms with Gasteiger partial charge in [-0.25, -0.2) is 8.42 Å². The third-order valence-electron chi connectivity index (χ3n) is 2.54. The van der Waals surface area contributed by atoms with E-state index in [0.717, 1.165) is 5.56 Å². The van der Waals surface area contributed by atoms with E-state index < -0.39 is 26.2 Å². The van der Waals surface area contributed by atoms with Gasteiger partial charge >= 0.3 is 0 Å². The maximum atomic E-state index is 12.3. The Balaban J connectivity index is 2.70.